The standard InChI is InChI=1S/C41H25N2O.C18H24GeN.Ir/c1-3-12-27(13-4-1)30-23-24-36(35(26-30)28-14-5-2-6-15-28)43-37-25-22-29-16-7-8-17-31(29)39(37)42-41(43)34-20-11-19-33-32-18-9-10-21-38(32)44-40(33)34;1-14(2)11-16-12-18(15-9-7-6-8-10-15)20-13-17(16)19(3,4)5;/h1-19,21-26H;6-9,12-14H,11H2,1-5H3;/q2*-1;. The number of para-hydroxylation sites is 1. The molecule has 11 aromatic rings. The molecule has 321 valence electrons. The Morgan fingerprint density at radius 2 is 1.34 bits per heavy atom. The van der Waals surface area contributed by atoms with Crippen LogP contribution in [-0.2, 0) is 26.5 Å². The first-order valence-electron chi connectivity index (χ1n) is 22.2. The topological polar surface area (TPSA) is 43.9 Å². The van der Waals surface area contributed by atoms with Gasteiger partial charge in [0.05, 0.1) is 22.4 Å². The number of hydrogen-bond acceptors (Lipinski definition) is 3. The molecule has 6 heteroatoms. The van der Waals surface area contributed by atoms with Gasteiger partial charge in [0.25, 0.3) is 0 Å². The molecule has 0 amide bonds. The molecule has 0 aliphatic rings. The molecular weight excluding hydrogens is 1030 g/mol. The van der Waals surface area contributed by atoms with E-state index in [4.69, 9.17) is 14.4 Å². The predicted molar refractivity (Wildman–Crippen MR) is 271 cm³/mol. The van der Waals surface area contributed by atoms with Gasteiger partial charge in [0.15, 0.2) is 0 Å². The minimum Gasteiger partial charge on any atom is -0.501 e. The van der Waals surface area contributed by atoms with Crippen molar-refractivity contribution in [1.82, 2.24) is 14.5 Å². The van der Waals surface area contributed by atoms with Crippen molar-refractivity contribution in [2.75, 3.05) is 0 Å². The Hall–Kier alpha value is -6.37. The van der Waals surface area contributed by atoms with Gasteiger partial charge in [-0.05, 0) is 46.3 Å². The fourth-order valence-electron chi connectivity index (χ4n) is 8.95. The maximum atomic E-state index is 6.52. The van der Waals surface area contributed by atoms with Crippen LogP contribution >= 0.6 is 0 Å². The molecule has 11 rings (SSSR count). The van der Waals surface area contributed by atoms with Crippen LogP contribution < -0.4 is 4.40 Å². The van der Waals surface area contributed by atoms with Gasteiger partial charge in [0.2, 0.25) is 0 Å². The zero-order valence-electron chi connectivity index (χ0n) is 37.3. The number of fused-ring (bicyclic) bond motifs is 6. The molecule has 0 N–H and O–H groups in total. The number of aromatic nitrogens is 3. The van der Waals surface area contributed by atoms with Gasteiger partial charge in [0.1, 0.15) is 5.58 Å². The normalized spacial score (nSPS) is 11.5. The maximum absolute atomic E-state index is 6.52. The van der Waals surface area contributed by atoms with E-state index in [1.807, 2.05) is 36.4 Å². The summed E-state index contributed by atoms with van der Waals surface area (Å²) < 4.78 is 10.3. The quantitative estimate of drug-likeness (QED) is 0.112. The van der Waals surface area contributed by atoms with E-state index in [-0.39, 0.29) is 20.1 Å². The molecule has 0 fully saturated rings. The van der Waals surface area contributed by atoms with Crippen LogP contribution in [0.1, 0.15) is 19.4 Å². The van der Waals surface area contributed by atoms with Crippen molar-refractivity contribution in [3.05, 3.63) is 206 Å². The van der Waals surface area contributed by atoms with E-state index >= 15 is 0 Å². The summed E-state index contributed by atoms with van der Waals surface area (Å²) in [6, 6.07) is 70.1. The van der Waals surface area contributed by atoms with Gasteiger partial charge in [-0.25, -0.2) is 0 Å². The Kier molecular flexibility index (Phi) is 12.6. The summed E-state index contributed by atoms with van der Waals surface area (Å²) in [5.41, 5.74) is 13.7. The fraction of sp³-hybridized carbons (Fsp3) is 0.119. The largest absolute Gasteiger partial charge is 0.501 e. The van der Waals surface area contributed by atoms with Gasteiger partial charge in [-0.3, -0.25) is 4.98 Å². The Morgan fingerprint density at radius 3 is 2.08 bits per heavy atom. The first kappa shape index (κ1) is 43.9. The van der Waals surface area contributed by atoms with E-state index in [9.17, 15) is 0 Å². The van der Waals surface area contributed by atoms with Crippen LogP contribution in [0.5, 0.6) is 0 Å². The number of nitrogens with zero attached hydrogens (tertiary/aromatic N) is 3. The first-order chi connectivity index (χ1) is 31.2. The van der Waals surface area contributed by atoms with Crippen molar-refractivity contribution < 1.29 is 24.5 Å². The Balaban J connectivity index is 0.000000215. The third-order valence-corrected chi connectivity index (χ3v) is 16.3. The SMILES string of the molecule is CC(C)Cc1cc(-c2[c-]cccc2)nc[c]1[Ge]([CH3])([CH3])[CH3].[Ir].[c-]1ccc2c(oc3ccccc32)c1-c1nc2c3ccccc3ccc2n1-c1ccc(-c2ccccc2)cc1-c1ccccc1. The van der Waals surface area contributed by atoms with E-state index in [1.54, 1.807) is 4.40 Å². The molecular formula is C59H49GeIrN3O-2. The molecule has 65 heavy (non-hydrogen) atoms. The molecule has 0 atom stereocenters. The third-order valence-electron chi connectivity index (χ3n) is 12.0. The van der Waals surface area contributed by atoms with Crippen molar-refractivity contribution in [3.63, 3.8) is 0 Å². The molecule has 3 aromatic heterocycles. The fourth-order valence-corrected chi connectivity index (χ4v) is 12.3. The van der Waals surface area contributed by atoms with Crippen molar-refractivity contribution in [3.8, 4) is 50.6 Å². The van der Waals surface area contributed by atoms with E-state index in [2.05, 4.69) is 200 Å². The molecule has 0 saturated carbocycles. The second kappa shape index (κ2) is 18.6. The molecule has 1 radical (unpaired) electrons. The van der Waals surface area contributed by atoms with Crippen LogP contribution in [0.15, 0.2) is 193 Å². The Labute approximate surface area is 397 Å². The Bertz CT molecular complexity index is 3420. The number of furan rings is 1. The average molecular weight is 1080 g/mol. The Morgan fingerprint density at radius 1 is 0.631 bits per heavy atom. The average Bonchev–Trinajstić information content (AvgIpc) is 3.91. The molecule has 8 aromatic carbocycles. The zero-order chi connectivity index (χ0) is 43.8. The number of rotatable bonds is 8. The molecule has 0 bridgehead atoms. The van der Waals surface area contributed by atoms with Crippen molar-refractivity contribution in [2.24, 2.45) is 5.92 Å². The van der Waals surface area contributed by atoms with Crippen LogP contribution in [0.2, 0.25) is 17.3 Å². The minimum absolute atomic E-state index is 0. The summed E-state index contributed by atoms with van der Waals surface area (Å²) in [7, 11) is 0. The molecule has 4 nitrogen and oxygen atoms in total. The summed E-state index contributed by atoms with van der Waals surface area (Å²) in [5, 5.41) is 4.41. The molecule has 0 spiro atoms. The third kappa shape index (κ3) is 8.77. The molecule has 0 aliphatic heterocycles. The van der Waals surface area contributed by atoms with Gasteiger partial charge in [-0.1, -0.05) is 126 Å². The first-order valence-corrected chi connectivity index (χ1v) is 29.5. The van der Waals surface area contributed by atoms with Crippen LogP contribution in [0.3, 0.4) is 0 Å². The number of benzene rings is 8. The summed E-state index contributed by atoms with van der Waals surface area (Å²) in [5.74, 6) is 8.79. The van der Waals surface area contributed by atoms with E-state index in [0.29, 0.717) is 5.92 Å². The number of pyridine rings is 1. The number of hydrogen-bond donors (Lipinski definition) is 0. The van der Waals surface area contributed by atoms with Crippen molar-refractivity contribution >= 4 is 61.4 Å². The summed E-state index contributed by atoms with van der Waals surface area (Å²) >= 11 is -1.86. The van der Waals surface area contributed by atoms with Crippen molar-refractivity contribution in [1.29, 1.82) is 0 Å². The van der Waals surface area contributed by atoms with Crippen molar-refractivity contribution in [2.45, 2.75) is 37.5 Å². The monoisotopic (exact) mass is 1080 g/mol. The molecule has 0 aliphatic carbocycles. The van der Waals surface area contributed by atoms with Gasteiger partial charge < -0.3 is 8.98 Å². The van der Waals surface area contributed by atoms with Gasteiger partial charge in [-0.15, -0.1) is 18.2 Å². The molecule has 3 heterocycles. The van der Waals surface area contributed by atoms with E-state index in [0.717, 1.165) is 95.2 Å². The smallest absolute Gasteiger partial charge is 0.120 e. The predicted octanol–water partition coefficient (Wildman–Crippen LogP) is 15.2. The maximum Gasteiger partial charge on any atom is 0.120 e. The van der Waals surface area contributed by atoms with Gasteiger partial charge in [0, 0.05) is 42.1 Å². The second-order valence-corrected chi connectivity index (χ2v) is 28.5. The van der Waals surface area contributed by atoms with Crippen LogP contribution in [0.25, 0.3) is 94.3 Å². The van der Waals surface area contributed by atoms with E-state index in [1.165, 1.54) is 11.1 Å². The minimum atomic E-state index is -1.86. The van der Waals surface area contributed by atoms with Gasteiger partial charge >= 0.3 is 126 Å². The summed E-state index contributed by atoms with van der Waals surface area (Å²) in [6.45, 7) is 4.57. The second-order valence-electron chi connectivity index (χ2n) is 17.9. The van der Waals surface area contributed by atoms with Crippen LogP contribution in [-0.4, -0.2) is 27.8 Å². The summed E-state index contributed by atoms with van der Waals surface area (Å²) in [4.78, 5) is 10.1. The molecule has 0 unspecified atom stereocenters. The number of imidazole rings is 1. The van der Waals surface area contributed by atoms with Crippen LogP contribution in [0.4, 0.5) is 0 Å². The molecule has 0 saturated heterocycles. The van der Waals surface area contributed by atoms with Crippen LogP contribution in [0, 0.1) is 18.1 Å². The summed E-state index contributed by atoms with van der Waals surface area (Å²) in [6.07, 6.45) is 3.27. The van der Waals surface area contributed by atoms with Gasteiger partial charge in [-0.2, -0.15) is 0 Å². The zero-order valence-corrected chi connectivity index (χ0v) is 41.8. The van der Waals surface area contributed by atoms with E-state index < -0.39 is 13.3 Å².